The van der Waals surface area contributed by atoms with Gasteiger partial charge in [-0.25, -0.2) is 0 Å². The lowest BCUT2D eigenvalue weighted by Gasteiger charge is -2.57. The normalized spacial score (nSPS) is 62.3. The van der Waals surface area contributed by atoms with Crippen LogP contribution < -0.4 is 0 Å². The van der Waals surface area contributed by atoms with E-state index in [-0.39, 0.29) is 23.9 Å². The molecule has 0 aromatic rings. The quantitative estimate of drug-likeness (QED) is 0.629. The number of hydrogen-bond acceptors (Lipinski definition) is 3. The van der Waals surface area contributed by atoms with Gasteiger partial charge >= 0.3 is 0 Å². The van der Waals surface area contributed by atoms with E-state index in [1.54, 1.807) is 0 Å². The third-order valence-corrected chi connectivity index (χ3v) is 6.91. The predicted octanol–water partition coefficient (Wildman–Crippen LogP) is 1.47. The highest BCUT2D eigenvalue weighted by Crippen LogP contribution is 2.68. The SMILES string of the molecule is C[C@]12C[C@@H]3C=C[C@H]1[C@@H](O)[C@@]1(CO)CC[C@H]1[C@@](O)(C3)C2. The summed E-state index contributed by atoms with van der Waals surface area (Å²) in [4.78, 5) is 0. The van der Waals surface area contributed by atoms with E-state index >= 15 is 0 Å². The average Bonchev–Trinajstić information content (AvgIpc) is 2.26. The molecule has 7 atom stereocenters. The summed E-state index contributed by atoms with van der Waals surface area (Å²) in [5, 5.41) is 32.1. The molecule has 106 valence electrons. The van der Waals surface area contributed by atoms with E-state index in [0.717, 1.165) is 32.1 Å². The Morgan fingerprint density at radius 2 is 2.05 bits per heavy atom. The Morgan fingerprint density at radius 3 is 2.68 bits per heavy atom. The van der Waals surface area contributed by atoms with Gasteiger partial charge < -0.3 is 15.3 Å². The van der Waals surface area contributed by atoms with Crippen molar-refractivity contribution in [2.24, 2.45) is 28.6 Å². The minimum Gasteiger partial charge on any atom is -0.396 e. The first kappa shape index (κ1) is 12.4. The van der Waals surface area contributed by atoms with Gasteiger partial charge in [-0.1, -0.05) is 19.1 Å². The summed E-state index contributed by atoms with van der Waals surface area (Å²) >= 11 is 0. The fraction of sp³-hybridized carbons (Fsp3) is 0.875. The van der Waals surface area contributed by atoms with Crippen molar-refractivity contribution < 1.29 is 15.3 Å². The second-order valence-electron chi connectivity index (χ2n) is 7.94. The molecule has 0 heterocycles. The Morgan fingerprint density at radius 1 is 1.26 bits per heavy atom. The first-order valence-electron chi connectivity index (χ1n) is 7.63. The van der Waals surface area contributed by atoms with Crippen LogP contribution in [-0.2, 0) is 0 Å². The Hall–Kier alpha value is -0.380. The highest BCUT2D eigenvalue weighted by molar-refractivity contribution is 5.24. The molecule has 4 aliphatic carbocycles. The van der Waals surface area contributed by atoms with Crippen molar-refractivity contribution in [2.75, 3.05) is 6.61 Å². The maximum absolute atomic E-state index is 11.2. The molecular weight excluding hydrogens is 240 g/mol. The molecule has 0 spiro atoms. The average molecular weight is 264 g/mol. The van der Waals surface area contributed by atoms with Crippen LogP contribution in [0.2, 0.25) is 0 Å². The van der Waals surface area contributed by atoms with Gasteiger partial charge in [-0.15, -0.1) is 0 Å². The summed E-state index contributed by atoms with van der Waals surface area (Å²) in [6, 6.07) is 0. The van der Waals surface area contributed by atoms with Gasteiger partial charge in [0.05, 0.1) is 18.3 Å². The summed E-state index contributed by atoms with van der Waals surface area (Å²) in [7, 11) is 0. The second-order valence-corrected chi connectivity index (χ2v) is 7.94. The van der Waals surface area contributed by atoms with E-state index in [1.807, 2.05) is 0 Å². The van der Waals surface area contributed by atoms with Crippen LogP contribution in [0.5, 0.6) is 0 Å². The number of aliphatic hydroxyl groups excluding tert-OH is 2. The second kappa shape index (κ2) is 3.44. The molecule has 0 amide bonds. The molecule has 0 radical (unpaired) electrons. The summed E-state index contributed by atoms with van der Waals surface area (Å²) in [6.07, 6.45) is 8.34. The molecule has 4 aliphatic rings. The van der Waals surface area contributed by atoms with Gasteiger partial charge in [-0.2, -0.15) is 0 Å². The van der Waals surface area contributed by atoms with Crippen LogP contribution in [0.25, 0.3) is 0 Å². The van der Waals surface area contributed by atoms with E-state index in [0.29, 0.717) is 5.92 Å². The standard InChI is InChI=1S/C16H24O3/c1-14-6-10-2-3-11(14)13(18)15(9-17)5-4-12(15)16(19,7-10)8-14/h2-3,10-13,17-19H,4-9H2,1H3/t10-,11-,12+,13+,14+,15+,16+/m0/s1. The van der Waals surface area contributed by atoms with Crippen molar-refractivity contribution in [3.05, 3.63) is 12.2 Å². The first-order chi connectivity index (χ1) is 8.94. The molecule has 3 nitrogen and oxygen atoms in total. The Labute approximate surface area is 114 Å². The zero-order valence-corrected chi connectivity index (χ0v) is 11.5. The summed E-state index contributed by atoms with van der Waals surface area (Å²) in [5.74, 6) is 0.613. The highest BCUT2D eigenvalue weighted by Gasteiger charge is 2.68. The number of fused-ring (bicyclic) bond motifs is 4. The molecular formula is C16H24O3. The van der Waals surface area contributed by atoms with Crippen LogP contribution in [0.4, 0.5) is 0 Å². The van der Waals surface area contributed by atoms with Gasteiger partial charge in [0, 0.05) is 11.3 Å². The third kappa shape index (κ3) is 1.29. The van der Waals surface area contributed by atoms with Gasteiger partial charge in [-0.3, -0.25) is 0 Å². The minimum atomic E-state index is -0.681. The summed E-state index contributed by atoms with van der Waals surface area (Å²) in [6.45, 7) is 2.23. The molecule has 3 heteroatoms. The molecule has 3 N–H and O–H groups in total. The maximum atomic E-state index is 11.2. The van der Waals surface area contributed by atoms with Crippen LogP contribution in [0.1, 0.15) is 39.0 Å². The third-order valence-electron chi connectivity index (χ3n) is 6.91. The van der Waals surface area contributed by atoms with Crippen molar-refractivity contribution in [2.45, 2.75) is 50.7 Å². The largest absolute Gasteiger partial charge is 0.396 e. The molecule has 0 saturated heterocycles. The molecule has 0 unspecified atom stereocenters. The Bertz CT molecular complexity index is 443. The molecule has 0 aliphatic heterocycles. The van der Waals surface area contributed by atoms with Crippen molar-refractivity contribution in [1.29, 1.82) is 0 Å². The fourth-order valence-corrected chi connectivity index (χ4v) is 6.08. The smallest absolute Gasteiger partial charge is 0.0694 e. The van der Waals surface area contributed by atoms with Crippen molar-refractivity contribution in [3.8, 4) is 0 Å². The van der Waals surface area contributed by atoms with E-state index in [4.69, 9.17) is 0 Å². The zero-order valence-electron chi connectivity index (χ0n) is 11.5. The van der Waals surface area contributed by atoms with Crippen molar-refractivity contribution in [3.63, 3.8) is 0 Å². The molecule has 4 rings (SSSR count). The summed E-state index contributed by atoms with van der Waals surface area (Å²) < 4.78 is 0. The molecule has 0 aromatic carbocycles. The van der Waals surface area contributed by atoms with Gasteiger partial charge in [0.1, 0.15) is 0 Å². The van der Waals surface area contributed by atoms with E-state index in [1.165, 1.54) is 0 Å². The van der Waals surface area contributed by atoms with Crippen LogP contribution in [0.3, 0.4) is 0 Å². The maximum Gasteiger partial charge on any atom is 0.0694 e. The van der Waals surface area contributed by atoms with Crippen molar-refractivity contribution in [1.82, 2.24) is 0 Å². The van der Waals surface area contributed by atoms with E-state index in [2.05, 4.69) is 19.1 Å². The van der Waals surface area contributed by atoms with E-state index < -0.39 is 17.1 Å². The molecule has 3 fully saturated rings. The number of allylic oxidation sites excluding steroid dienone is 1. The first-order valence-corrected chi connectivity index (χ1v) is 7.63. The van der Waals surface area contributed by atoms with Gasteiger partial charge in [0.2, 0.25) is 0 Å². The Kier molecular flexibility index (Phi) is 2.24. The number of rotatable bonds is 1. The number of aliphatic hydroxyl groups is 3. The zero-order chi connectivity index (χ0) is 13.5. The molecule has 3 bridgehead atoms. The molecule has 0 aromatic heterocycles. The lowest BCUT2D eigenvalue weighted by atomic mass is 9.51. The molecule has 3 saturated carbocycles. The lowest BCUT2D eigenvalue weighted by Crippen LogP contribution is -2.60. The van der Waals surface area contributed by atoms with Crippen LogP contribution in [0.15, 0.2) is 12.2 Å². The Balaban J connectivity index is 1.90. The van der Waals surface area contributed by atoms with Crippen LogP contribution >= 0.6 is 0 Å². The van der Waals surface area contributed by atoms with Gasteiger partial charge in [-0.05, 0) is 49.4 Å². The molecule has 19 heavy (non-hydrogen) atoms. The minimum absolute atomic E-state index is 0.00618. The van der Waals surface area contributed by atoms with Crippen LogP contribution in [-0.4, -0.2) is 33.6 Å². The van der Waals surface area contributed by atoms with E-state index in [9.17, 15) is 15.3 Å². The van der Waals surface area contributed by atoms with Gasteiger partial charge in [0.25, 0.3) is 0 Å². The predicted molar refractivity (Wildman–Crippen MR) is 71.3 cm³/mol. The topological polar surface area (TPSA) is 60.7 Å². The van der Waals surface area contributed by atoms with Crippen LogP contribution in [0, 0.1) is 28.6 Å². The van der Waals surface area contributed by atoms with Gasteiger partial charge in [0.15, 0.2) is 0 Å². The fourth-order valence-electron chi connectivity index (χ4n) is 6.08. The highest BCUT2D eigenvalue weighted by atomic mass is 16.3. The summed E-state index contributed by atoms with van der Waals surface area (Å²) in [5.41, 5.74) is -1.15. The number of hydrogen-bond donors (Lipinski definition) is 3. The lowest BCUT2D eigenvalue weighted by molar-refractivity contribution is -0.195. The monoisotopic (exact) mass is 264 g/mol. The van der Waals surface area contributed by atoms with Crippen molar-refractivity contribution >= 4 is 0 Å².